The van der Waals surface area contributed by atoms with Gasteiger partial charge in [-0.15, -0.1) is 0 Å². The molecule has 0 spiro atoms. The summed E-state index contributed by atoms with van der Waals surface area (Å²) >= 11 is 0. The van der Waals surface area contributed by atoms with Crippen LogP contribution in [0.15, 0.2) is 0 Å². The average molecular weight is 1130 g/mol. The van der Waals surface area contributed by atoms with Crippen molar-refractivity contribution in [3.63, 3.8) is 0 Å². The normalized spacial score (nSPS) is 21.3. The second-order valence-corrected chi connectivity index (χ2v) is 3.91. The molecule has 11 heteroatoms. The molecule has 11 radical (unpaired) electrons. The fraction of sp³-hybridized carbons (Fsp3) is 0.818. The Morgan fingerprint density at radius 3 is 0.591 bits per heavy atom. The third-order valence-corrected chi connectivity index (χ3v) is 3.37. The van der Waals surface area contributed by atoms with E-state index >= 15 is 0 Å². The molecule has 4 atom stereocenters. The summed E-state index contributed by atoms with van der Waals surface area (Å²) in [7, 11) is 0. The first kappa shape index (κ1) is 83.9. The molecule has 0 aromatic rings. The maximum absolute atomic E-state index is 2.39. The van der Waals surface area contributed by atoms with Gasteiger partial charge in [0.15, 0.2) is 0 Å². The van der Waals surface area contributed by atoms with E-state index < -0.39 is 0 Å². The van der Waals surface area contributed by atoms with Crippen molar-refractivity contribution in [2.24, 2.45) is 23.7 Å². The van der Waals surface area contributed by atoms with Crippen LogP contribution in [0, 0.1) is 38.5 Å². The van der Waals surface area contributed by atoms with Crippen LogP contribution in [0.1, 0.15) is 34.1 Å². The maximum atomic E-state index is 2.39. The fourth-order valence-corrected chi connectivity index (χ4v) is 2.05. The van der Waals surface area contributed by atoms with Crippen molar-refractivity contribution >= 4 is 0 Å². The van der Waals surface area contributed by atoms with Crippen LogP contribution in [0.25, 0.3) is 0 Å². The summed E-state index contributed by atoms with van der Waals surface area (Å²) in [5.41, 5.74) is 0. The van der Waals surface area contributed by atoms with E-state index in [4.69, 9.17) is 0 Å². The second-order valence-electron chi connectivity index (χ2n) is 3.91. The van der Waals surface area contributed by atoms with E-state index in [0.717, 1.165) is 23.7 Å². The van der Waals surface area contributed by atoms with Gasteiger partial charge in [-0.25, -0.2) is 0 Å². The van der Waals surface area contributed by atoms with Gasteiger partial charge < -0.3 is 14.9 Å². The molecule has 1 fully saturated rings. The molecule has 1 aliphatic rings. The Morgan fingerprint density at radius 2 is 0.545 bits per heavy atom. The molecule has 0 aliphatic heterocycles. The van der Waals surface area contributed by atoms with Crippen LogP contribution in [0.3, 0.4) is 0 Å². The molecule has 22 heavy (non-hydrogen) atoms. The molecule has 0 unspecified atom stereocenters. The van der Waals surface area contributed by atoms with Gasteiger partial charge in [0.25, 0.3) is 0 Å². The van der Waals surface area contributed by atoms with Gasteiger partial charge in [0, 0.05) is 360 Å². The Morgan fingerprint density at radius 1 is 0.409 bits per heavy atom. The van der Waals surface area contributed by atoms with Crippen LogP contribution < -0.4 is 0 Å². The summed E-state index contributed by atoms with van der Waals surface area (Å²) in [4.78, 5) is 0. The minimum atomic E-state index is 0. The van der Waals surface area contributed by atoms with E-state index in [1.807, 2.05) is 0 Å². The zero-order valence-electron chi connectivity index (χ0n) is 15.4. The molecule has 0 nitrogen and oxygen atoms in total. The van der Waals surface area contributed by atoms with E-state index in [9.17, 15) is 0 Å². The van der Waals surface area contributed by atoms with Crippen molar-refractivity contribution < 1.29 is 360 Å². The SMILES string of the molecule is C[C@@H]1[C@H](C)[C@H](C)C[C@@H]1C.[CH3-].[CH3-].[Y].[Y].[Y].[Y].[Y].[Y].[Y].[Y].[Y].[Y].[Y]. The Balaban J connectivity index is -0.00000000566. The molecule has 0 N–H and O–H groups in total. The first-order chi connectivity index (χ1) is 4.13. The van der Waals surface area contributed by atoms with Gasteiger partial charge in [0.2, 0.25) is 0 Å². The zero-order chi connectivity index (χ0) is 7.02. The van der Waals surface area contributed by atoms with Crippen molar-refractivity contribution in [1.29, 1.82) is 0 Å². The van der Waals surface area contributed by atoms with Crippen molar-refractivity contribution in [2.45, 2.75) is 34.1 Å². The monoisotopic (exact) mass is 1130 g/mol. The Hall–Kier alpha value is 12.1. The molecule has 0 amide bonds. The molecular formula is C11H24Y11-2. The van der Waals surface area contributed by atoms with Crippen LogP contribution in [0.5, 0.6) is 0 Å². The van der Waals surface area contributed by atoms with Crippen LogP contribution in [-0.2, 0) is 360 Å². The summed E-state index contributed by atoms with van der Waals surface area (Å²) in [5, 5.41) is 0. The molecule has 1 saturated carbocycles. The third kappa shape index (κ3) is 39.4. The number of rotatable bonds is 0. The number of hydrogen-bond acceptors (Lipinski definition) is 0. The smallest absolute Gasteiger partial charge is 0 e. The molecule has 0 heterocycles. The molecule has 1 aliphatic carbocycles. The first-order valence-electron chi connectivity index (χ1n) is 4.13. The standard InChI is InChI=1S/C9H18.2CH3.11Y/c1-6-5-7(2)9(4)8(6)3;;;;;;;;;;;;;/h6-9H,5H2,1-4H3;2*1H3;;;;;;;;;;;/q;2*-1;;;;;;;;;;;/t6-,7+,8-,9+;;;;;;;;;;;;;. The number of hydrogen-bond donors (Lipinski definition) is 0. The molecule has 1 rings (SSSR count). The van der Waals surface area contributed by atoms with Crippen LogP contribution in [0.2, 0.25) is 0 Å². The topological polar surface area (TPSA) is 0 Å². The van der Waals surface area contributed by atoms with Gasteiger partial charge in [-0.3, -0.25) is 0 Å². The van der Waals surface area contributed by atoms with Crippen LogP contribution >= 0.6 is 0 Å². The van der Waals surface area contributed by atoms with E-state index in [1.54, 1.807) is 0 Å². The maximum Gasteiger partial charge on any atom is 0 e. The van der Waals surface area contributed by atoms with Crippen molar-refractivity contribution in [1.82, 2.24) is 0 Å². The largest absolute Gasteiger partial charge is 0.358 e. The fourth-order valence-electron chi connectivity index (χ4n) is 2.05. The van der Waals surface area contributed by atoms with Gasteiger partial charge in [0.1, 0.15) is 0 Å². The summed E-state index contributed by atoms with van der Waals surface area (Å²) in [6.07, 6.45) is 1.45. The Labute approximate surface area is 419 Å². The third-order valence-electron chi connectivity index (χ3n) is 3.37. The van der Waals surface area contributed by atoms with Crippen molar-refractivity contribution in [3.05, 3.63) is 14.9 Å². The summed E-state index contributed by atoms with van der Waals surface area (Å²) < 4.78 is 0. The molecule has 0 aromatic heterocycles. The van der Waals surface area contributed by atoms with E-state index in [1.165, 1.54) is 6.42 Å². The molecule has 0 aromatic carbocycles. The summed E-state index contributed by atoms with van der Waals surface area (Å²) in [6.45, 7) is 9.53. The minimum Gasteiger partial charge on any atom is -0.358 e. The molecule has 0 saturated heterocycles. The molecule has 103 valence electrons. The quantitative estimate of drug-likeness (QED) is 0.325. The second kappa shape index (κ2) is 54.2. The predicted octanol–water partition coefficient (Wildman–Crippen LogP) is 3.81. The predicted molar refractivity (Wildman–Crippen MR) is 54.1 cm³/mol. The van der Waals surface area contributed by atoms with E-state index in [-0.39, 0.29) is 375 Å². The van der Waals surface area contributed by atoms with Gasteiger partial charge >= 0.3 is 0 Å². The van der Waals surface area contributed by atoms with Crippen LogP contribution in [-0.4, -0.2) is 0 Å². The Bertz CT molecular complexity index is 106. The van der Waals surface area contributed by atoms with Gasteiger partial charge in [0.05, 0.1) is 0 Å². The van der Waals surface area contributed by atoms with Crippen molar-refractivity contribution in [2.75, 3.05) is 0 Å². The average Bonchev–Trinajstić information content (AvgIpc) is 1.98. The van der Waals surface area contributed by atoms with Gasteiger partial charge in [-0.1, -0.05) is 27.7 Å². The minimum absolute atomic E-state index is 0. The molecule has 0 bridgehead atoms. The Kier molecular flexibility index (Phi) is 207. The van der Waals surface area contributed by atoms with E-state index in [2.05, 4.69) is 27.7 Å². The van der Waals surface area contributed by atoms with Gasteiger partial charge in [-0.2, -0.15) is 0 Å². The summed E-state index contributed by atoms with van der Waals surface area (Å²) in [6, 6.07) is 0. The van der Waals surface area contributed by atoms with Crippen molar-refractivity contribution in [3.8, 4) is 0 Å². The first-order valence-corrected chi connectivity index (χ1v) is 4.13. The zero-order valence-corrected chi connectivity index (χ0v) is 46.6. The molecular weight excluding hydrogens is 1110 g/mol. The van der Waals surface area contributed by atoms with Gasteiger partial charge in [-0.05, 0) is 30.1 Å². The summed E-state index contributed by atoms with van der Waals surface area (Å²) in [5.74, 6) is 3.85. The van der Waals surface area contributed by atoms with Crippen LogP contribution in [0.4, 0.5) is 0 Å². The van der Waals surface area contributed by atoms with E-state index in [0.29, 0.717) is 0 Å².